The Balaban J connectivity index is 2.72. The predicted molar refractivity (Wildman–Crippen MR) is 41.5 cm³/mol. The van der Waals surface area contributed by atoms with Gasteiger partial charge in [0.1, 0.15) is 5.25 Å². The van der Waals surface area contributed by atoms with E-state index in [0.717, 1.165) is 12.8 Å². The fraction of sp³-hybridized carbons (Fsp3) is 1.00. The summed E-state index contributed by atoms with van der Waals surface area (Å²) in [4.78, 5) is 0. The molecule has 4 nitrogen and oxygen atoms in total. The summed E-state index contributed by atoms with van der Waals surface area (Å²) in [5, 5.41) is 4.52. The molecule has 0 radical (unpaired) electrons. The smallest absolute Gasteiger partial charge is 0.214 e. The van der Waals surface area contributed by atoms with Crippen molar-refractivity contribution in [3.8, 4) is 0 Å². The molecule has 0 bridgehead atoms. The van der Waals surface area contributed by atoms with Gasteiger partial charge in [-0.1, -0.05) is 0 Å². The minimum absolute atomic E-state index is 0.190. The van der Waals surface area contributed by atoms with Crippen LogP contribution in [0.2, 0.25) is 0 Å². The van der Waals surface area contributed by atoms with E-state index in [4.69, 9.17) is 9.88 Å². The normalized spacial score (nSPS) is 32.5. The first kappa shape index (κ1) is 8.96. The SMILES string of the molecule is COC1CCCC1S(N)(=O)=O. The maximum absolute atomic E-state index is 10.9. The molecule has 2 unspecified atom stereocenters. The van der Waals surface area contributed by atoms with Gasteiger partial charge in [-0.05, 0) is 19.3 Å². The number of hydrogen-bond acceptors (Lipinski definition) is 3. The zero-order valence-corrected chi connectivity index (χ0v) is 7.30. The minimum atomic E-state index is -3.39. The Hall–Kier alpha value is -0.130. The van der Waals surface area contributed by atoms with E-state index in [1.54, 1.807) is 0 Å². The van der Waals surface area contributed by atoms with Crippen LogP contribution in [0.3, 0.4) is 0 Å². The zero-order valence-electron chi connectivity index (χ0n) is 6.49. The van der Waals surface area contributed by atoms with Crippen molar-refractivity contribution in [2.75, 3.05) is 7.11 Å². The monoisotopic (exact) mass is 179 g/mol. The van der Waals surface area contributed by atoms with Crippen LogP contribution in [-0.2, 0) is 14.8 Å². The number of hydrogen-bond donors (Lipinski definition) is 1. The quantitative estimate of drug-likeness (QED) is 0.640. The van der Waals surface area contributed by atoms with Gasteiger partial charge in [0, 0.05) is 7.11 Å². The third-order valence-corrected chi connectivity index (χ3v) is 3.50. The van der Waals surface area contributed by atoms with Gasteiger partial charge in [0.25, 0.3) is 0 Å². The largest absolute Gasteiger partial charge is 0.380 e. The molecule has 1 rings (SSSR count). The lowest BCUT2D eigenvalue weighted by Gasteiger charge is -2.14. The summed E-state index contributed by atoms with van der Waals surface area (Å²) in [6, 6.07) is 0. The maximum atomic E-state index is 10.9. The molecule has 2 N–H and O–H groups in total. The van der Waals surface area contributed by atoms with E-state index in [0.29, 0.717) is 6.42 Å². The van der Waals surface area contributed by atoms with Crippen LogP contribution in [0.1, 0.15) is 19.3 Å². The Morgan fingerprint density at radius 2 is 2.09 bits per heavy atom. The van der Waals surface area contributed by atoms with Crippen molar-refractivity contribution >= 4 is 10.0 Å². The van der Waals surface area contributed by atoms with Crippen LogP contribution in [0.4, 0.5) is 0 Å². The molecule has 0 heterocycles. The van der Waals surface area contributed by atoms with Crippen LogP contribution in [0.25, 0.3) is 0 Å². The van der Waals surface area contributed by atoms with Crippen molar-refractivity contribution in [3.63, 3.8) is 0 Å². The van der Waals surface area contributed by atoms with Gasteiger partial charge in [-0.15, -0.1) is 0 Å². The maximum Gasteiger partial charge on any atom is 0.214 e. The van der Waals surface area contributed by atoms with Crippen molar-refractivity contribution in [2.24, 2.45) is 5.14 Å². The summed E-state index contributed by atoms with van der Waals surface area (Å²) >= 11 is 0. The Morgan fingerprint density at radius 3 is 2.45 bits per heavy atom. The molecular formula is C6H13NO3S. The molecule has 0 aliphatic heterocycles. The van der Waals surface area contributed by atoms with E-state index in [1.807, 2.05) is 0 Å². The lowest BCUT2D eigenvalue weighted by atomic mass is 10.3. The van der Waals surface area contributed by atoms with Crippen LogP contribution in [0.15, 0.2) is 0 Å². The minimum Gasteiger partial charge on any atom is -0.380 e. The Bertz CT molecular complexity index is 224. The van der Waals surface area contributed by atoms with Crippen LogP contribution < -0.4 is 5.14 Å². The summed E-state index contributed by atoms with van der Waals surface area (Å²) in [7, 11) is -1.87. The molecule has 0 aromatic carbocycles. The summed E-state index contributed by atoms with van der Waals surface area (Å²) in [6.45, 7) is 0. The number of rotatable bonds is 2. The fourth-order valence-electron chi connectivity index (χ4n) is 1.54. The fourth-order valence-corrected chi connectivity index (χ4v) is 2.70. The second kappa shape index (κ2) is 3.08. The van der Waals surface area contributed by atoms with Gasteiger partial charge < -0.3 is 4.74 Å². The van der Waals surface area contributed by atoms with Gasteiger partial charge in [0.05, 0.1) is 6.10 Å². The molecule has 1 fully saturated rings. The highest BCUT2D eigenvalue weighted by Crippen LogP contribution is 2.25. The van der Waals surface area contributed by atoms with E-state index in [9.17, 15) is 8.42 Å². The Labute approximate surface area is 66.8 Å². The molecule has 1 aliphatic rings. The second-order valence-corrected chi connectivity index (χ2v) is 4.62. The van der Waals surface area contributed by atoms with Crippen LogP contribution in [0, 0.1) is 0 Å². The molecule has 0 spiro atoms. The van der Waals surface area contributed by atoms with Gasteiger partial charge in [0.2, 0.25) is 10.0 Å². The molecule has 0 aromatic rings. The van der Waals surface area contributed by atoms with Crippen LogP contribution >= 0.6 is 0 Å². The predicted octanol–water partition coefficient (Wildman–Crippen LogP) is -0.158. The van der Waals surface area contributed by atoms with Gasteiger partial charge >= 0.3 is 0 Å². The number of ether oxygens (including phenoxy) is 1. The van der Waals surface area contributed by atoms with E-state index in [-0.39, 0.29) is 6.10 Å². The first-order valence-corrected chi connectivity index (χ1v) is 5.21. The highest BCUT2D eigenvalue weighted by molar-refractivity contribution is 7.89. The molecule has 1 aliphatic carbocycles. The second-order valence-electron chi connectivity index (χ2n) is 2.83. The lowest BCUT2D eigenvalue weighted by Crippen LogP contribution is -2.35. The summed E-state index contributed by atoms with van der Waals surface area (Å²) in [5.74, 6) is 0. The van der Waals surface area contributed by atoms with Crippen molar-refractivity contribution in [1.82, 2.24) is 0 Å². The van der Waals surface area contributed by atoms with E-state index >= 15 is 0 Å². The van der Waals surface area contributed by atoms with Crippen LogP contribution in [0.5, 0.6) is 0 Å². The molecule has 0 saturated heterocycles. The van der Waals surface area contributed by atoms with Crippen molar-refractivity contribution < 1.29 is 13.2 Å². The average molecular weight is 179 g/mol. The third kappa shape index (κ3) is 1.91. The van der Waals surface area contributed by atoms with Crippen molar-refractivity contribution in [2.45, 2.75) is 30.6 Å². The zero-order chi connectivity index (χ0) is 8.48. The number of nitrogens with two attached hydrogens (primary N) is 1. The number of primary sulfonamides is 1. The highest BCUT2D eigenvalue weighted by Gasteiger charge is 2.35. The summed E-state index contributed by atoms with van der Waals surface area (Å²) in [6.07, 6.45) is 2.14. The Kier molecular flexibility index (Phi) is 2.51. The molecule has 1 saturated carbocycles. The third-order valence-electron chi connectivity index (χ3n) is 2.12. The standard InChI is InChI=1S/C6H13NO3S/c1-10-5-3-2-4-6(5)11(7,8)9/h5-6H,2-4H2,1H3,(H2,7,8,9). The molecule has 0 aromatic heterocycles. The van der Waals surface area contributed by atoms with Gasteiger partial charge in [-0.25, -0.2) is 13.6 Å². The molecule has 66 valence electrons. The summed E-state index contributed by atoms with van der Waals surface area (Å²) < 4.78 is 26.8. The first-order chi connectivity index (χ1) is 5.05. The Morgan fingerprint density at radius 1 is 1.45 bits per heavy atom. The van der Waals surface area contributed by atoms with Gasteiger partial charge in [0.15, 0.2) is 0 Å². The lowest BCUT2D eigenvalue weighted by molar-refractivity contribution is 0.111. The van der Waals surface area contributed by atoms with Gasteiger partial charge in [-0.2, -0.15) is 0 Å². The molecule has 0 amide bonds. The number of sulfonamides is 1. The van der Waals surface area contributed by atoms with Crippen molar-refractivity contribution in [1.29, 1.82) is 0 Å². The first-order valence-electron chi connectivity index (χ1n) is 3.60. The van der Waals surface area contributed by atoms with Crippen LogP contribution in [-0.4, -0.2) is 26.9 Å². The van der Waals surface area contributed by atoms with E-state index < -0.39 is 15.3 Å². The average Bonchev–Trinajstić information content (AvgIpc) is 2.31. The van der Waals surface area contributed by atoms with E-state index in [2.05, 4.69) is 0 Å². The van der Waals surface area contributed by atoms with Gasteiger partial charge in [-0.3, -0.25) is 0 Å². The van der Waals surface area contributed by atoms with Crippen molar-refractivity contribution in [3.05, 3.63) is 0 Å². The molecule has 2 atom stereocenters. The van der Waals surface area contributed by atoms with E-state index in [1.165, 1.54) is 7.11 Å². The number of methoxy groups -OCH3 is 1. The topological polar surface area (TPSA) is 69.4 Å². The molecule has 5 heteroatoms. The molecule has 11 heavy (non-hydrogen) atoms. The summed E-state index contributed by atoms with van der Waals surface area (Å²) in [5.41, 5.74) is 0. The molecular weight excluding hydrogens is 166 g/mol. The highest BCUT2D eigenvalue weighted by atomic mass is 32.2.